The fourth-order valence-corrected chi connectivity index (χ4v) is 5.62. The van der Waals surface area contributed by atoms with Gasteiger partial charge in [0.15, 0.2) is 0 Å². The Morgan fingerprint density at radius 1 is 0.974 bits per heavy atom. The highest BCUT2D eigenvalue weighted by Crippen LogP contribution is 2.39. The van der Waals surface area contributed by atoms with E-state index in [1.807, 2.05) is 78.9 Å². The van der Waals surface area contributed by atoms with Gasteiger partial charge in [0.05, 0.1) is 39.8 Å². The molecule has 2 heterocycles. The van der Waals surface area contributed by atoms with Crippen molar-refractivity contribution in [1.82, 2.24) is 14.5 Å². The van der Waals surface area contributed by atoms with Gasteiger partial charge >= 0.3 is 5.97 Å². The molecule has 7 heteroatoms. The molecule has 1 aliphatic rings. The minimum atomic E-state index is -0.761. The number of carboxylic acid groups (broad SMARTS) is 1. The maximum Gasteiger partial charge on any atom is 0.307 e. The van der Waals surface area contributed by atoms with Crippen molar-refractivity contribution in [3.63, 3.8) is 0 Å². The summed E-state index contributed by atoms with van der Waals surface area (Å²) in [7, 11) is 0. The number of nitrogens with zero attached hydrogens (tertiary/aromatic N) is 4. The summed E-state index contributed by atoms with van der Waals surface area (Å²) in [5.74, 6) is 0.113. The first kappa shape index (κ1) is 24.6. The van der Waals surface area contributed by atoms with Crippen LogP contribution in [0.15, 0.2) is 78.9 Å². The van der Waals surface area contributed by atoms with E-state index in [0.29, 0.717) is 30.9 Å². The zero-order valence-corrected chi connectivity index (χ0v) is 21.5. The SMILES string of the molecule is N#Cc1ccc(Cn2c([C@H]3CCCC[C@H]3C(=O)O)nc3cc(OCc4ccc5ccccc5n4)ccc32)cc1. The molecule has 0 aliphatic heterocycles. The molecule has 0 bridgehead atoms. The first-order chi connectivity index (χ1) is 19.1. The average Bonchev–Trinajstić information content (AvgIpc) is 3.33. The zero-order chi connectivity index (χ0) is 26.8. The van der Waals surface area contributed by atoms with Gasteiger partial charge in [0, 0.05) is 23.9 Å². The number of benzene rings is 3. The maximum atomic E-state index is 12.2. The predicted molar refractivity (Wildman–Crippen MR) is 148 cm³/mol. The number of pyridine rings is 1. The third-order valence-corrected chi connectivity index (χ3v) is 7.63. The van der Waals surface area contributed by atoms with E-state index in [9.17, 15) is 15.2 Å². The lowest BCUT2D eigenvalue weighted by Gasteiger charge is -2.28. The lowest BCUT2D eigenvalue weighted by molar-refractivity contribution is -0.143. The van der Waals surface area contributed by atoms with Crippen molar-refractivity contribution in [1.29, 1.82) is 5.26 Å². The number of hydrogen-bond donors (Lipinski definition) is 1. The molecule has 194 valence electrons. The summed E-state index contributed by atoms with van der Waals surface area (Å²) in [6.07, 6.45) is 3.36. The highest BCUT2D eigenvalue weighted by molar-refractivity contribution is 5.79. The van der Waals surface area contributed by atoms with Crippen LogP contribution in [0.5, 0.6) is 5.75 Å². The summed E-state index contributed by atoms with van der Waals surface area (Å²) in [5, 5.41) is 20.2. The van der Waals surface area contributed by atoms with E-state index in [1.165, 1.54) is 0 Å². The summed E-state index contributed by atoms with van der Waals surface area (Å²) < 4.78 is 8.25. The van der Waals surface area contributed by atoms with Gasteiger partial charge in [0.1, 0.15) is 18.2 Å². The molecule has 0 unspecified atom stereocenters. The zero-order valence-electron chi connectivity index (χ0n) is 21.5. The Labute approximate surface area is 226 Å². The number of carbonyl (C=O) groups is 1. The Bertz CT molecular complexity index is 1700. The van der Waals surface area contributed by atoms with Crippen LogP contribution < -0.4 is 4.74 Å². The number of rotatable bonds is 7. The van der Waals surface area contributed by atoms with Gasteiger partial charge in [0.2, 0.25) is 0 Å². The Morgan fingerprint density at radius 2 is 1.79 bits per heavy atom. The van der Waals surface area contributed by atoms with Crippen molar-refractivity contribution in [2.75, 3.05) is 0 Å². The number of fused-ring (bicyclic) bond motifs is 2. The normalized spacial score (nSPS) is 17.2. The summed E-state index contributed by atoms with van der Waals surface area (Å²) in [6, 6.07) is 27.5. The van der Waals surface area contributed by atoms with Gasteiger partial charge in [-0.25, -0.2) is 9.97 Å². The third kappa shape index (κ3) is 5.06. The number of para-hydroxylation sites is 1. The molecule has 2 aromatic heterocycles. The van der Waals surface area contributed by atoms with Crippen LogP contribution in [0.2, 0.25) is 0 Å². The topological polar surface area (TPSA) is 101 Å². The highest BCUT2D eigenvalue weighted by atomic mass is 16.5. The minimum Gasteiger partial charge on any atom is -0.487 e. The molecule has 1 N–H and O–H groups in total. The van der Waals surface area contributed by atoms with E-state index >= 15 is 0 Å². The van der Waals surface area contributed by atoms with Crippen molar-refractivity contribution in [2.45, 2.75) is 44.8 Å². The van der Waals surface area contributed by atoms with E-state index in [-0.39, 0.29) is 5.92 Å². The smallest absolute Gasteiger partial charge is 0.307 e. The molecule has 3 aromatic carbocycles. The van der Waals surface area contributed by atoms with Crippen LogP contribution in [0, 0.1) is 17.2 Å². The number of hydrogen-bond acceptors (Lipinski definition) is 5. The predicted octanol–water partition coefficient (Wildman–Crippen LogP) is 6.44. The van der Waals surface area contributed by atoms with Gasteiger partial charge in [-0.1, -0.05) is 49.2 Å². The molecular formula is C32H28N4O3. The molecule has 6 rings (SSSR count). The van der Waals surface area contributed by atoms with E-state index in [2.05, 4.69) is 10.6 Å². The van der Waals surface area contributed by atoms with Crippen LogP contribution in [-0.4, -0.2) is 25.6 Å². The lowest BCUT2D eigenvalue weighted by atomic mass is 9.78. The molecule has 39 heavy (non-hydrogen) atoms. The first-order valence-corrected chi connectivity index (χ1v) is 13.3. The van der Waals surface area contributed by atoms with Crippen molar-refractivity contribution in [3.8, 4) is 11.8 Å². The van der Waals surface area contributed by atoms with Crippen molar-refractivity contribution in [3.05, 3.63) is 102 Å². The Hall–Kier alpha value is -4.70. The van der Waals surface area contributed by atoms with E-state index in [4.69, 9.17) is 14.7 Å². The molecule has 1 saturated carbocycles. The van der Waals surface area contributed by atoms with Crippen LogP contribution in [0.1, 0.15) is 54.2 Å². The van der Waals surface area contributed by atoms with Crippen LogP contribution in [-0.2, 0) is 17.9 Å². The number of carboxylic acids is 1. The molecule has 0 spiro atoms. The summed E-state index contributed by atoms with van der Waals surface area (Å²) >= 11 is 0. The molecule has 5 aromatic rings. The number of nitriles is 1. The average molecular weight is 517 g/mol. The fourth-order valence-electron chi connectivity index (χ4n) is 5.62. The minimum absolute atomic E-state index is 0.159. The molecule has 1 aliphatic carbocycles. The van der Waals surface area contributed by atoms with Gasteiger partial charge in [-0.15, -0.1) is 0 Å². The summed E-state index contributed by atoms with van der Waals surface area (Å²) in [6.45, 7) is 0.875. The van der Waals surface area contributed by atoms with Gasteiger partial charge < -0.3 is 14.4 Å². The van der Waals surface area contributed by atoms with Gasteiger partial charge in [-0.2, -0.15) is 5.26 Å². The first-order valence-electron chi connectivity index (χ1n) is 13.3. The van der Waals surface area contributed by atoms with Crippen LogP contribution in [0.25, 0.3) is 21.9 Å². The second kappa shape index (κ2) is 10.6. The second-order valence-corrected chi connectivity index (χ2v) is 10.1. The van der Waals surface area contributed by atoms with E-state index < -0.39 is 11.9 Å². The molecule has 7 nitrogen and oxygen atoms in total. The standard InChI is InChI=1S/C32H28N4O3/c33-18-21-9-11-22(12-10-21)19-36-30-16-15-25(39-20-24-14-13-23-5-1-4-8-28(23)34-24)17-29(30)35-31(36)26-6-2-3-7-27(26)32(37)38/h1,4-5,8-17,26-27H,2-3,6-7,19-20H2,(H,37,38)/t26-,27+/m0/s1. The Balaban J connectivity index is 1.33. The van der Waals surface area contributed by atoms with Gasteiger partial charge in [-0.3, -0.25) is 4.79 Å². The molecule has 1 fully saturated rings. The molecule has 0 radical (unpaired) electrons. The number of ether oxygens (including phenoxy) is 1. The molecule has 0 saturated heterocycles. The van der Waals surface area contributed by atoms with Gasteiger partial charge in [0.25, 0.3) is 0 Å². The van der Waals surface area contributed by atoms with Gasteiger partial charge in [-0.05, 0) is 54.8 Å². The van der Waals surface area contributed by atoms with E-state index in [0.717, 1.165) is 58.3 Å². The number of aliphatic carboxylic acids is 1. The number of imidazole rings is 1. The van der Waals surface area contributed by atoms with Crippen molar-refractivity contribution in [2.24, 2.45) is 5.92 Å². The summed E-state index contributed by atoms with van der Waals surface area (Å²) in [5.41, 5.74) is 5.11. The monoisotopic (exact) mass is 516 g/mol. The largest absolute Gasteiger partial charge is 0.487 e. The third-order valence-electron chi connectivity index (χ3n) is 7.63. The Kier molecular flexibility index (Phi) is 6.68. The number of aromatic nitrogens is 3. The Morgan fingerprint density at radius 3 is 2.62 bits per heavy atom. The second-order valence-electron chi connectivity index (χ2n) is 10.1. The highest BCUT2D eigenvalue weighted by Gasteiger charge is 2.35. The molecule has 0 amide bonds. The van der Waals surface area contributed by atoms with Crippen molar-refractivity contribution < 1.29 is 14.6 Å². The van der Waals surface area contributed by atoms with Crippen LogP contribution in [0.4, 0.5) is 0 Å². The quantitative estimate of drug-likeness (QED) is 0.267. The molecule has 2 atom stereocenters. The van der Waals surface area contributed by atoms with E-state index in [1.54, 1.807) is 0 Å². The summed E-state index contributed by atoms with van der Waals surface area (Å²) in [4.78, 5) is 21.9. The van der Waals surface area contributed by atoms with Crippen molar-refractivity contribution >= 4 is 27.9 Å². The van der Waals surface area contributed by atoms with Crippen LogP contribution in [0.3, 0.4) is 0 Å². The van der Waals surface area contributed by atoms with Crippen LogP contribution >= 0.6 is 0 Å². The fraction of sp³-hybridized carbons (Fsp3) is 0.250. The molecular weight excluding hydrogens is 488 g/mol. The lowest BCUT2D eigenvalue weighted by Crippen LogP contribution is -2.27. The maximum absolute atomic E-state index is 12.2.